The van der Waals surface area contributed by atoms with Crippen LogP contribution in [0.5, 0.6) is 0 Å². The van der Waals surface area contributed by atoms with Gasteiger partial charge in [-0.2, -0.15) is 0 Å². The lowest BCUT2D eigenvalue weighted by molar-refractivity contribution is 0.0649. The highest BCUT2D eigenvalue weighted by Crippen LogP contribution is 2.07. The molecule has 1 N–H and O–H groups in total. The third-order valence-corrected chi connectivity index (χ3v) is 1.86. The van der Waals surface area contributed by atoms with E-state index in [1.165, 1.54) is 0 Å². The van der Waals surface area contributed by atoms with Gasteiger partial charge in [-0.1, -0.05) is 0 Å². The van der Waals surface area contributed by atoms with Crippen molar-refractivity contribution in [3.05, 3.63) is 0 Å². The summed E-state index contributed by atoms with van der Waals surface area (Å²) in [4.78, 5) is 0. The molecule has 0 fully saturated rings. The van der Waals surface area contributed by atoms with Crippen LogP contribution in [0.4, 0.5) is 0 Å². The Hall–Kier alpha value is -0.0800. The molecule has 11 heavy (non-hydrogen) atoms. The lowest BCUT2D eigenvalue weighted by atomic mass is 10.0. The van der Waals surface area contributed by atoms with E-state index in [4.69, 9.17) is 4.74 Å². The average molecular weight is 159 g/mol. The fraction of sp³-hybridized carbons (Fsp3) is 1.00. The van der Waals surface area contributed by atoms with Gasteiger partial charge in [0.05, 0.1) is 6.10 Å². The van der Waals surface area contributed by atoms with Crippen LogP contribution >= 0.6 is 0 Å². The predicted molar refractivity (Wildman–Crippen MR) is 48.8 cm³/mol. The second-order valence-corrected chi connectivity index (χ2v) is 3.80. The molecule has 0 aliphatic rings. The Balaban J connectivity index is 3.38. The summed E-state index contributed by atoms with van der Waals surface area (Å²) in [6, 6.07) is 0. The largest absolute Gasteiger partial charge is 0.379 e. The van der Waals surface area contributed by atoms with Gasteiger partial charge in [-0.3, -0.25) is 0 Å². The molecule has 0 aromatic rings. The van der Waals surface area contributed by atoms with Crippen molar-refractivity contribution in [3.63, 3.8) is 0 Å². The number of hydrogen-bond acceptors (Lipinski definition) is 2. The van der Waals surface area contributed by atoms with Gasteiger partial charge in [0.25, 0.3) is 0 Å². The molecular weight excluding hydrogens is 138 g/mol. The SMILES string of the molecule is CNC(C)(C)CCOC(C)C. The monoisotopic (exact) mass is 159 g/mol. The highest BCUT2D eigenvalue weighted by atomic mass is 16.5. The topological polar surface area (TPSA) is 21.3 Å². The molecule has 0 radical (unpaired) electrons. The van der Waals surface area contributed by atoms with E-state index in [-0.39, 0.29) is 5.54 Å². The third-order valence-electron chi connectivity index (χ3n) is 1.86. The molecule has 2 nitrogen and oxygen atoms in total. The zero-order valence-electron chi connectivity index (χ0n) is 8.40. The van der Waals surface area contributed by atoms with Crippen LogP contribution in [-0.4, -0.2) is 25.3 Å². The molecule has 0 spiro atoms. The van der Waals surface area contributed by atoms with Crippen molar-refractivity contribution in [1.29, 1.82) is 0 Å². The lowest BCUT2D eigenvalue weighted by Crippen LogP contribution is -2.37. The normalized spacial score (nSPS) is 12.5. The van der Waals surface area contributed by atoms with Crippen molar-refractivity contribution in [2.45, 2.75) is 45.8 Å². The molecule has 68 valence electrons. The van der Waals surface area contributed by atoms with Crippen molar-refractivity contribution in [1.82, 2.24) is 5.32 Å². The summed E-state index contributed by atoms with van der Waals surface area (Å²) in [5.41, 5.74) is 0.203. The second kappa shape index (κ2) is 4.73. The van der Waals surface area contributed by atoms with Gasteiger partial charge < -0.3 is 10.1 Å². The van der Waals surface area contributed by atoms with Crippen LogP contribution in [0, 0.1) is 0 Å². The first kappa shape index (κ1) is 10.9. The van der Waals surface area contributed by atoms with E-state index in [0.29, 0.717) is 6.10 Å². The fourth-order valence-electron chi connectivity index (χ4n) is 0.675. The molecule has 0 aromatic heterocycles. The smallest absolute Gasteiger partial charge is 0.0518 e. The Bertz CT molecular complexity index is 99.7. The maximum atomic E-state index is 5.44. The quantitative estimate of drug-likeness (QED) is 0.660. The van der Waals surface area contributed by atoms with E-state index in [0.717, 1.165) is 13.0 Å². The van der Waals surface area contributed by atoms with E-state index < -0.39 is 0 Å². The summed E-state index contributed by atoms with van der Waals surface area (Å²) in [7, 11) is 1.98. The van der Waals surface area contributed by atoms with Gasteiger partial charge in [0, 0.05) is 12.1 Å². The van der Waals surface area contributed by atoms with Crippen LogP contribution in [0.3, 0.4) is 0 Å². The van der Waals surface area contributed by atoms with Gasteiger partial charge in [-0.15, -0.1) is 0 Å². The molecule has 0 aliphatic carbocycles. The van der Waals surface area contributed by atoms with Crippen LogP contribution in [0.25, 0.3) is 0 Å². The van der Waals surface area contributed by atoms with Crippen LogP contribution in [-0.2, 0) is 4.74 Å². The highest BCUT2D eigenvalue weighted by molar-refractivity contribution is 4.74. The minimum Gasteiger partial charge on any atom is -0.379 e. The van der Waals surface area contributed by atoms with Gasteiger partial charge in [0.2, 0.25) is 0 Å². The maximum Gasteiger partial charge on any atom is 0.0518 e. The Morgan fingerprint density at radius 2 is 1.91 bits per heavy atom. The molecule has 0 rings (SSSR count). The minimum absolute atomic E-state index is 0.203. The van der Waals surface area contributed by atoms with E-state index in [1.54, 1.807) is 0 Å². The molecular formula is C9H21NO. The maximum absolute atomic E-state index is 5.44. The number of rotatable bonds is 5. The van der Waals surface area contributed by atoms with Gasteiger partial charge in [0.1, 0.15) is 0 Å². The van der Waals surface area contributed by atoms with Crippen LogP contribution in [0.2, 0.25) is 0 Å². The third kappa shape index (κ3) is 6.32. The lowest BCUT2D eigenvalue weighted by Gasteiger charge is -2.24. The van der Waals surface area contributed by atoms with Crippen molar-refractivity contribution >= 4 is 0 Å². The number of hydrogen-bond donors (Lipinski definition) is 1. The number of ether oxygens (including phenoxy) is 1. The van der Waals surface area contributed by atoms with E-state index in [9.17, 15) is 0 Å². The Kier molecular flexibility index (Phi) is 4.69. The zero-order valence-corrected chi connectivity index (χ0v) is 8.40. The van der Waals surface area contributed by atoms with Crippen molar-refractivity contribution in [3.8, 4) is 0 Å². The molecule has 0 bridgehead atoms. The van der Waals surface area contributed by atoms with Crippen molar-refractivity contribution < 1.29 is 4.74 Å². The molecule has 0 amide bonds. The summed E-state index contributed by atoms with van der Waals surface area (Å²) in [6.45, 7) is 9.32. The summed E-state index contributed by atoms with van der Waals surface area (Å²) in [5, 5.41) is 3.24. The second-order valence-electron chi connectivity index (χ2n) is 3.80. The van der Waals surface area contributed by atoms with Gasteiger partial charge >= 0.3 is 0 Å². The summed E-state index contributed by atoms with van der Waals surface area (Å²) < 4.78 is 5.44. The van der Waals surface area contributed by atoms with E-state index >= 15 is 0 Å². The summed E-state index contributed by atoms with van der Waals surface area (Å²) >= 11 is 0. The van der Waals surface area contributed by atoms with E-state index in [1.807, 2.05) is 7.05 Å². The minimum atomic E-state index is 0.203. The predicted octanol–water partition coefficient (Wildman–Crippen LogP) is 1.80. The van der Waals surface area contributed by atoms with Crippen LogP contribution < -0.4 is 5.32 Å². The molecule has 0 saturated heterocycles. The molecule has 0 atom stereocenters. The summed E-state index contributed by atoms with van der Waals surface area (Å²) in [5.74, 6) is 0. The Morgan fingerprint density at radius 1 is 1.36 bits per heavy atom. The number of nitrogens with one attached hydrogen (secondary N) is 1. The molecule has 0 aliphatic heterocycles. The molecule has 0 saturated carbocycles. The van der Waals surface area contributed by atoms with Gasteiger partial charge in [0.15, 0.2) is 0 Å². The standard InChI is InChI=1S/C9H21NO/c1-8(2)11-7-6-9(3,4)10-5/h8,10H,6-7H2,1-5H3. The van der Waals surface area contributed by atoms with Crippen LogP contribution in [0.1, 0.15) is 34.1 Å². The fourth-order valence-corrected chi connectivity index (χ4v) is 0.675. The zero-order chi connectivity index (χ0) is 8.91. The van der Waals surface area contributed by atoms with E-state index in [2.05, 4.69) is 33.0 Å². The van der Waals surface area contributed by atoms with Crippen LogP contribution in [0.15, 0.2) is 0 Å². The molecule has 0 unspecified atom stereocenters. The van der Waals surface area contributed by atoms with Crippen molar-refractivity contribution in [2.75, 3.05) is 13.7 Å². The molecule has 0 aromatic carbocycles. The average Bonchev–Trinajstić information content (AvgIpc) is 1.87. The molecule has 0 heterocycles. The molecule has 2 heteroatoms. The first-order chi connectivity index (χ1) is 4.98. The first-order valence-electron chi connectivity index (χ1n) is 4.28. The Labute approximate surface area is 70.3 Å². The van der Waals surface area contributed by atoms with Crippen molar-refractivity contribution in [2.24, 2.45) is 0 Å². The first-order valence-corrected chi connectivity index (χ1v) is 4.28. The Morgan fingerprint density at radius 3 is 2.27 bits per heavy atom. The van der Waals surface area contributed by atoms with Gasteiger partial charge in [-0.25, -0.2) is 0 Å². The van der Waals surface area contributed by atoms with Gasteiger partial charge in [-0.05, 0) is 41.2 Å². The highest BCUT2D eigenvalue weighted by Gasteiger charge is 2.13. The summed E-state index contributed by atoms with van der Waals surface area (Å²) in [6.07, 6.45) is 1.41.